The summed E-state index contributed by atoms with van der Waals surface area (Å²) >= 11 is 0. The number of carbonyl (C=O) groups is 2. The van der Waals surface area contributed by atoms with E-state index >= 15 is 0 Å². The number of aryl methyl sites for hydroxylation is 2. The molecule has 21 heavy (non-hydrogen) atoms. The van der Waals surface area contributed by atoms with Crippen LogP contribution < -0.4 is 5.32 Å². The average molecular weight is 291 g/mol. The summed E-state index contributed by atoms with van der Waals surface area (Å²) in [5.41, 5.74) is 3.19. The Morgan fingerprint density at radius 2 is 2.14 bits per heavy atom. The molecule has 2 atom stereocenters. The molecule has 0 aromatic heterocycles. The third-order valence-electron chi connectivity index (χ3n) is 3.93. The Kier molecular flexibility index (Phi) is 4.96. The Labute approximate surface area is 124 Å². The van der Waals surface area contributed by atoms with Crippen molar-refractivity contribution in [3.63, 3.8) is 0 Å². The van der Waals surface area contributed by atoms with Gasteiger partial charge in [0, 0.05) is 13.0 Å². The van der Waals surface area contributed by atoms with Crippen LogP contribution in [0.15, 0.2) is 18.2 Å². The first-order chi connectivity index (χ1) is 9.97. The van der Waals surface area contributed by atoms with E-state index in [2.05, 4.69) is 5.32 Å². The van der Waals surface area contributed by atoms with Crippen molar-refractivity contribution in [3.8, 4) is 0 Å². The SMILES string of the molecule is Cc1ccc(C[C@@H](NC(=O)[C@@H]2CCOC2)C(=O)O)cc1C. The normalized spacial score (nSPS) is 19.2. The van der Waals surface area contributed by atoms with Crippen LogP contribution in [0.5, 0.6) is 0 Å². The van der Waals surface area contributed by atoms with Gasteiger partial charge in [-0.2, -0.15) is 0 Å². The highest BCUT2D eigenvalue weighted by Crippen LogP contribution is 2.14. The molecule has 1 heterocycles. The van der Waals surface area contributed by atoms with Crippen LogP contribution in [0.25, 0.3) is 0 Å². The van der Waals surface area contributed by atoms with Crippen LogP contribution in [0.4, 0.5) is 0 Å². The number of rotatable bonds is 5. The number of carboxylic acid groups (broad SMARTS) is 1. The number of carboxylic acids is 1. The molecule has 1 fully saturated rings. The Balaban J connectivity index is 2.03. The minimum absolute atomic E-state index is 0.230. The van der Waals surface area contributed by atoms with E-state index in [9.17, 15) is 14.7 Å². The molecule has 1 amide bonds. The van der Waals surface area contributed by atoms with Crippen LogP contribution in [0.1, 0.15) is 23.1 Å². The molecule has 0 radical (unpaired) electrons. The fourth-order valence-corrected chi connectivity index (χ4v) is 2.40. The summed E-state index contributed by atoms with van der Waals surface area (Å²) in [6, 6.07) is 4.94. The third kappa shape index (κ3) is 4.04. The van der Waals surface area contributed by atoms with E-state index in [1.807, 2.05) is 32.0 Å². The minimum Gasteiger partial charge on any atom is -0.480 e. The second-order valence-electron chi connectivity index (χ2n) is 5.58. The van der Waals surface area contributed by atoms with Crippen LogP contribution in [-0.2, 0) is 20.7 Å². The standard InChI is InChI=1S/C16H21NO4/c1-10-3-4-12(7-11(10)2)8-14(16(19)20)17-15(18)13-5-6-21-9-13/h3-4,7,13-14H,5-6,8-9H2,1-2H3,(H,17,18)(H,19,20)/t13-,14-/m1/s1. The molecule has 2 N–H and O–H groups in total. The van der Waals surface area contributed by atoms with Crippen molar-refractivity contribution in [2.75, 3.05) is 13.2 Å². The first-order valence-corrected chi connectivity index (χ1v) is 7.14. The van der Waals surface area contributed by atoms with Crippen LogP contribution in [0, 0.1) is 19.8 Å². The molecular weight excluding hydrogens is 270 g/mol. The van der Waals surface area contributed by atoms with Gasteiger partial charge in [-0.25, -0.2) is 4.79 Å². The molecular formula is C16H21NO4. The summed E-state index contributed by atoms with van der Waals surface area (Å²) in [4.78, 5) is 23.4. The number of hydrogen-bond acceptors (Lipinski definition) is 3. The highest BCUT2D eigenvalue weighted by atomic mass is 16.5. The second-order valence-corrected chi connectivity index (χ2v) is 5.58. The Hall–Kier alpha value is -1.88. The predicted octanol–water partition coefficient (Wildman–Crippen LogP) is 1.45. The summed E-state index contributed by atoms with van der Waals surface area (Å²) in [5, 5.41) is 11.9. The van der Waals surface area contributed by atoms with E-state index in [0.717, 1.165) is 16.7 Å². The predicted molar refractivity (Wildman–Crippen MR) is 78.1 cm³/mol. The van der Waals surface area contributed by atoms with Crippen molar-refractivity contribution in [1.29, 1.82) is 0 Å². The molecule has 1 aliphatic rings. The molecule has 1 saturated heterocycles. The second kappa shape index (κ2) is 6.72. The van der Waals surface area contributed by atoms with Crippen LogP contribution >= 0.6 is 0 Å². The van der Waals surface area contributed by atoms with Gasteiger partial charge in [-0.1, -0.05) is 18.2 Å². The number of ether oxygens (including phenoxy) is 1. The van der Waals surface area contributed by atoms with Crippen molar-refractivity contribution >= 4 is 11.9 Å². The Bertz CT molecular complexity index is 535. The molecule has 5 heteroatoms. The first-order valence-electron chi connectivity index (χ1n) is 7.14. The largest absolute Gasteiger partial charge is 0.480 e. The molecule has 2 rings (SSSR count). The maximum Gasteiger partial charge on any atom is 0.326 e. The van der Waals surface area contributed by atoms with Gasteiger partial charge < -0.3 is 15.2 Å². The van der Waals surface area contributed by atoms with Crippen molar-refractivity contribution < 1.29 is 19.4 Å². The van der Waals surface area contributed by atoms with Gasteiger partial charge >= 0.3 is 5.97 Å². The van der Waals surface area contributed by atoms with Crippen molar-refractivity contribution in [2.45, 2.75) is 32.7 Å². The van der Waals surface area contributed by atoms with Crippen LogP contribution in [-0.4, -0.2) is 36.2 Å². The van der Waals surface area contributed by atoms with E-state index in [4.69, 9.17) is 4.74 Å². The van der Waals surface area contributed by atoms with Crippen molar-refractivity contribution in [1.82, 2.24) is 5.32 Å². The topological polar surface area (TPSA) is 75.6 Å². The highest BCUT2D eigenvalue weighted by molar-refractivity contribution is 5.85. The van der Waals surface area contributed by atoms with Gasteiger partial charge in [0.05, 0.1) is 12.5 Å². The fourth-order valence-electron chi connectivity index (χ4n) is 2.40. The minimum atomic E-state index is -1.01. The molecule has 1 aliphatic heterocycles. The van der Waals surface area contributed by atoms with Gasteiger partial charge in [0.15, 0.2) is 0 Å². The molecule has 0 saturated carbocycles. The summed E-state index contributed by atoms with van der Waals surface area (Å²) < 4.78 is 5.16. The number of benzene rings is 1. The number of carbonyl (C=O) groups excluding carboxylic acids is 1. The van der Waals surface area contributed by atoms with E-state index in [1.54, 1.807) is 0 Å². The lowest BCUT2D eigenvalue weighted by atomic mass is 10.00. The zero-order valence-electron chi connectivity index (χ0n) is 12.4. The van der Waals surface area contributed by atoms with Crippen molar-refractivity contribution in [2.24, 2.45) is 5.92 Å². The number of aliphatic carboxylic acids is 1. The molecule has 5 nitrogen and oxygen atoms in total. The third-order valence-corrected chi connectivity index (χ3v) is 3.93. The highest BCUT2D eigenvalue weighted by Gasteiger charge is 2.28. The van der Waals surface area contributed by atoms with Crippen LogP contribution in [0.2, 0.25) is 0 Å². The average Bonchev–Trinajstić information content (AvgIpc) is 2.96. The zero-order chi connectivity index (χ0) is 15.4. The van der Waals surface area contributed by atoms with Gasteiger partial charge in [-0.3, -0.25) is 4.79 Å². The molecule has 0 spiro atoms. The van der Waals surface area contributed by atoms with Gasteiger partial charge in [0.1, 0.15) is 6.04 Å². The number of hydrogen-bond donors (Lipinski definition) is 2. The van der Waals surface area contributed by atoms with E-state index < -0.39 is 12.0 Å². The molecule has 1 aromatic rings. The molecule has 0 bridgehead atoms. The molecule has 114 valence electrons. The Morgan fingerprint density at radius 1 is 1.38 bits per heavy atom. The quantitative estimate of drug-likeness (QED) is 0.861. The maximum absolute atomic E-state index is 12.0. The summed E-state index contributed by atoms with van der Waals surface area (Å²) in [6.45, 7) is 4.94. The van der Waals surface area contributed by atoms with E-state index in [-0.39, 0.29) is 18.2 Å². The number of nitrogens with one attached hydrogen (secondary N) is 1. The molecule has 0 aliphatic carbocycles. The molecule has 0 unspecified atom stereocenters. The van der Waals surface area contributed by atoms with Gasteiger partial charge in [-0.15, -0.1) is 0 Å². The Morgan fingerprint density at radius 3 is 2.71 bits per heavy atom. The van der Waals surface area contributed by atoms with Gasteiger partial charge in [0.25, 0.3) is 0 Å². The van der Waals surface area contributed by atoms with Gasteiger partial charge in [0.2, 0.25) is 5.91 Å². The molecule has 1 aromatic carbocycles. The summed E-state index contributed by atoms with van der Waals surface area (Å²) in [5.74, 6) is -1.48. The van der Waals surface area contributed by atoms with E-state index in [1.165, 1.54) is 0 Å². The zero-order valence-corrected chi connectivity index (χ0v) is 12.4. The lowest BCUT2D eigenvalue weighted by Gasteiger charge is -2.17. The van der Waals surface area contributed by atoms with Crippen molar-refractivity contribution in [3.05, 3.63) is 34.9 Å². The monoisotopic (exact) mass is 291 g/mol. The summed E-state index contributed by atoms with van der Waals surface area (Å²) in [7, 11) is 0. The maximum atomic E-state index is 12.0. The van der Waals surface area contributed by atoms with Gasteiger partial charge in [-0.05, 0) is 37.0 Å². The van der Waals surface area contributed by atoms with Crippen LogP contribution in [0.3, 0.4) is 0 Å². The number of amides is 1. The smallest absolute Gasteiger partial charge is 0.326 e. The fraction of sp³-hybridized carbons (Fsp3) is 0.500. The lowest BCUT2D eigenvalue weighted by Crippen LogP contribution is -2.45. The lowest BCUT2D eigenvalue weighted by molar-refractivity contribution is -0.142. The first kappa shape index (κ1) is 15.5. The van der Waals surface area contributed by atoms with E-state index in [0.29, 0.717) is 19.6 Å². The summed E-state index contributed by atoms with van der Waals surface area (Å²) in [6.07, 6.45) is 0.942.